The first-order chi connectivity index (χ1) is 14.0. The van der Waals surface area contributed by atoms with Gasteiger partial charge in [0.15, 0.2) is 11.5 Å². The van der Waals surface area contributed by atoms with Crippen LogP contribution in [0.15, 0.2) is 46.9 Å². The molecule has 0 bridgehead atoms. The van der Waals surface area contributed by atoms with Crippen LogP contribution in [0.2, 0.25) is 0 Å². The molecule has 6 nitrogen and oxygen atoms in total. The van der Waals surface area contributed by atoms with Crippen molar-refractivity contribution >= 4 is 27.7 Å². The smallest absolute Gasteiger partial charge is 0.254 e. The third kappa shape index (κ3) is 5.09. The third-order valence-corrected chi connectivity index (χ3v) is 5.89. The fraction of sp³-hybridized carbons (Fsp3) is 0.364. The molecule has 154 valence electrons. The highest BCUT2D eigenvalue weighted by Gasteiger charge is 2.25. The molecule has 0 unspecified atom stereocenters. The molecule has 0 saturated carbocycles. The van der Waals surface area contributed by atoms with Crippen LogP contribution in [0.25, 0.3) is 0 Å². The van der Waals surface area contributed by atoms with Crippen molar-refractivity contribution in [2.75, 3.05) is 33.9 Å². The minimum absolute atomic E-state index is 0.0466. The number of carbonyl (C=O) groups is 2. The Hall–Kier alpha value is -2.54. The maximum Gasteiger partial charge on any atom is 0.254 e. The van der Waals surface area contributed by atoms with Crippen LogP contribution in [-0.4, -0.2) is 50.6 Å². The lowest BCUT2D eigenvalue weighted by Gasteiger charge is -2.32. The number of carbonyl (C=O) groups excluding carboxylic acids is 2. The number of nitrogens with one attached hydrogen (secondary N) is 1. The van der Waals surface area contributed by atoms with Gasteiger partial charge in [-0.25, -0.2) is 0 Å². The molecule has 0 spiro atoms. The van der Waals surface area contributed by atoms with Gasteiger partial charge in [-0.15, -0.1) is 0 Å². The Morgan fingerprint density at radius 1 is 1.07 bits per heavy atom. The first kappa shape index (κ1) is 21.2. The molecule has 2 aromatic carbocycles. The molecule has 7 heteroatoms. The molecular weight excluding hydrogens is 436 g/mol. The summed E-state index contributed by atoms with van der Waals surface area (Å²) >= 11 is 3.45. The number of amides is 2. The van der Waals surface area contributed by atoms with Crippen molar-refractivity contribution in [1.82, 2.24) is 10.2 Å². The monoisotopic (exact) mass is 460 g/mol. The molecule has 0 aliphatic carbocycles. The minimum atomic E-state index is -0.141. The van der Waals surface area contributed by atoms with Crippen molar-refractivity contribution < 1.29 is 19.1 Å². The summed E-state index contributed by atoms with van der Waals surface area (Å²) in [5, 5.41) is 3.00. The minimum Gasteiger partial charge on any atom is -0.493 e. The van der Waals surface area contributed by atoms with Gasteiger partial charge in [0.1, 0.15) is 0 Å². The van der Waals surface area contributed by atoms with E-state index in [-0.39, 0.29) is 11.8 Å². The Bertz CT molecular complexity index is 879. The van der Waals surface area contributed by atoms with Crippen LogP contribution >= 0.6 is 15.9 Å². The largest absolute Gasteiger partial charge is 0.493 e. The van der Waals surface area contributed by atoms with Crippen molar-refractivity contribution in [2.24, 2.45) is 5.92 Å². The van der Waals surface area contributed by atoms with Crippen LogP contribution in [-0.2, 0) is 0 Å². The highest BCUT2D eigenvalue weighted by atomic mass is 79.9. The molecule has 2 amide bonds. The van der Waals surface area contributed by atoms with E-state index in [2.05, 4.69) is 21.2 Å². The lowest BCUT2D eigenvalue weighted by atomic mass is 9.96. The van der Waals surface area contributed by atoms with E-state index >= 15 is 0 Å². The van der Waals surface area contributed by atoms with Gasteiger partial charge in [0, 0.05) is 29.7 Å². The zero-order valence-corrected chi connectivity index (χ0v) is 18.2. The molecular formula is C22H25BrN2O4. The third-order valence-electron chi connectivity index (χ3n) is 5.20. The summed E-state index contributed by atoms with van der Waals surface area (Å²) in [7, 11) is 3.10. The van der Waals surface area contributed by atoms with Gasteiger partial charge in [0.2, 0.25) is 0 Å². The molecule has 3 rings (SSSR count). The van der Waals surface area contributed by atoms with Gasteiger partial charge in [-0.05, 0) is 65.0 Å². The number of likely N-dealkylation sites (tertiary alicyclic amines) is 1. The molecule has 1 aliphatic rings. The van der Waals surface area contributed by atoms with E-state index in [4.69, 9.17) is 9.47 Å². The van der Waals surface area contributed by atoms with Gasteiger partial charge in [0.05, 0.1) is 19.8 Å². The normalized spacial score (nSPS) is 14.4. The number of nitrogens with zero attached hydrogens (tertiary/aromatic N) is 1. The second-order valence-corrected chi connectivity index (χ2v) is 7.85. The number of ether oxygens (including phenoxy) is 2. The van der Waals surface area contributed by atoms with Crippen molar-refractivity contribution in [3.63, 3.8) is 0 Å². The second kappa shape index (κ2) is 9.78. The number of rotatable bonds is 6. The van der Waals surface area contributed by atoms with E-state index < -0.39 is 0 Å². The van der Waals surface area contributed by atoms with Crippen LogP contribution in [0.1, 0.15) is 33.6 Å². The van der Waals surface area contributed by atoms with Gasteiger partial charge >= 0.3 is 0 Å². The number of piperidine rings is 1. The first-order valence-corrected chi connectivity index (χ1v) is 10.4. The molecule has 29 heavy (non-hydrogen) atoms. The lowest BCUT2D eigenvalue weighted by molar-refractivity contribution is 0.0683. The molecule has 0 radical (unpaired) electrons. The molecule has 1 fully saturated rings. The van der Waals surface area contributed by atoms with Crippen LogP contribution < -0.4 is 14.8 Å². The fourth-order valence-corrected chi connectivity index (χ4v) is 3.92. The van der Waals surface area contributed by atoms with Crippen LogP contribution in [0.3, 0.4) is 0 Å². The standard InChI is InChI=1S/C22H25BrN2O4/c1-28-19-8-7-16(13-20(19)29-2)21(26)24-14-15-9-11-25(12-10-15)22(27)17-5-3-4-6-18(17)23/h3-8,13,15H,9-12,14H2,1-2H3,(H,24,26). The van der Waals surface area contributed by atoms with Crippen molar-refractivity contribution in [2.45, 2.75) is 12.8 Å². The Labute approximate surface area is 179 Å². The average molecular weight is 461 g/mol. The molecule has 1 N–H and O–H groups in total. The van der Waals surface area contributed by atoms with Gasteiger partial charge < -0.3 is 19.7 Å². The van der Waals surface area contributed by atoms with Gasteiger partial charge in [-0.1, -0.05) is 12.1 Å². The summed E-state index contributed by atoms with van der Waals surface area (Å²) in [6.45, 7) is 1.97. The Morgan fingerprint density at radius 3 is 2.41 bits per heavy atom. The van der Waals surface area contributed by atoms with Crippen molar-refractivity contribution in [3.05, 3.63) is 58.1 Å². The fourth-order valence-electron chi connectivity index (χ4n) is 3.46. The molecule has 0 aromatic heterocycles. The Kier molecular flexibility index (Phi) is 7.14. The summed E-state index contributed by atoms with van der Waals surface area (Å²) in [6, 6.07) is 12.6. The van der Waals surface area contributed by atoms with Crippen molar-refractivity contribution in [1.29, 1.82) is 0 Å². The molecule has 1 aliphatic heterocycles. The summed E-state index contributed by atoms with van der Waals surface area (Å²) in [6.07, 6.45) is 1.73. The summed E-state index contributed by atoms with van der Waals surface area (Å²) < 4.78 is 11.3. The van der Waals surface area contributed by atoms with Crippen LogP contribution in [0.5, 0.6) is 11.5 Å². The number of halogens is 1. The Balaban J connectivity index is 1.50. The van der Waals surface area contributed by atoms with E-state index in [0.717, 1.165) is 17.3 Å². The quantitative estimate of drug-likeness (QED) is 0.712. The highest BCUT2D eigenvalue weighted by Crippen LogP contribution is 2.27. The summed E-state index contributed by atoms with van der Waals surface area (Å²) in [5.74, 6) is 1.37. The first-order valence-electron chi connectivity index (χ1n) is 9.57. The van der Waals surface area contributed by atoms with E-state index in [1.54, 1.807) is 32.4 Å². The van der Waals surface area contributed by atoms with Gasteiger partial charge in [0.25, 0.3) is 11.8 Å². The Morgan fingerprint density at radius 2 is 1.76 bits per heavy atom. The van der Waals surface area contributed by atoms with E-state index in [1.165, 1.54) is 0 Å². The zero-order valence-electron chi connectivity index (χ0n) is 16.6. The SMILES string of the molecule is COc1ccc(C(=O)NCC2CCN(C(=O)c3ccccc3Br)CC2)cc1OC. The second-order valence-electron chi connectivity index (χ2n) is 7.00. The maximum absolute atomic E-state index is 12.7. The molecule has 1 heterocycles. The highest BCUT2D eigenvalue weighted by molar-refractivity contribution is 9.10. The molecule has 0 atom stereocenters. The van der Waals surface area contributed by atoms with E-state index in [9.17, 15) is 9.59 Å². The number of methoxy groups -OCH3 is 2. The summed E-state index contributed by atoms with van der Waals surface area (Å²) in [5.41, 5.74) is 1.22. The van der Waals surface area contributed by atoms with Gasteiger partial charge in [-0.2, -0.15) is 0 Å². The average Bonchev–Trinajstić information content (AvgIpc) is 2.77. The maximum atomic E-state index is 12.7. The van der Waals surface area contributed by atoms with Gasteiger partial charge in [-0.3, -0.25) is 9.59 Å². The number of benzene rings is 2. The van der Waals surface area contributed by atoms with E-state index in [0.29, 0.717) is 48.2 Å². The topological polar surface area (TPSA) is 67.9 Å². The van der Waals surface area contributed by atoms with E-state index in [1.807, 2.05) is 29.2 Å². The predicted octanol–water partition coefficient (Wildman–Crippen LogP) is 3.75. The van der Waals surface area contributed by atoms with Crippen LogP contribution in [0, 0.1) is 5.92 Å². The molecule has 1 saturated heterocycles. The van der Waals surface area contributed by atoms with Crippen molar-refractivity contribution in [3.8, 4) is 11.5 Å². The van der Waals surface area contributed by atoms with Crippen LogP contribution in [0.4, 0.5) is 0 Å². The number of hydrogen-bond acceptors (Lipinski definition) is 4. The molecule has 2 aromatic rings. The predicted molar refractivity (Wildman–Crippen MR) is 115 cm³/mol. The zero-order chi connectivity index (χ0) is 20.8. The number of hydrogen-bond donors (Lipinski definition) is 1. The summed E-state index contributed by atoms with van der Waals surface area (Å²) in [4.78, 5) is 27.0. The lowest BCUT2D eigenvalue weighted by Crippen LogP contribution is -2.41.